The molecule has 0 aliphatic carbocycles. The molecule has 0 saturated heterocycles. The molecular formula is C29H50N4O6. The number of aliphatic hydroxyl groups excluding tert-OH is 2. The van der Waals surface area contributed by atoms with Crippen LogP contribution < -0.4 is 10.1 Å². The van der Waals surface area contributed by atoms with E-state index in [0.717, 1.165) is 18.4 Å². The first-order valence-electron chi connectivity index (χ1n) is 14.0. The summed E-state index contributed by atoms with van der Waals surface area (Å²) in [6.07, 6.45) is 1.00. The smallest absolute Gasteiger partial charge is 0.223 e. The molecular weight excluding hydrogens is 500 g/mol. The van der Waals surface area contributed by atoms with Crippen molar-refractivity contribution >= 4 is 5.91 Å². The number of hydrogen-bond acceptors (Lipinski definition) is 7. The highest BCUT2D eigenvalue weighted by molar-refractivity contribution is 5.78. The number of carbonyl (C=O) groups is 1. The summed E-state index contributed by atoms with van der Waals surface area (Å²) in [6.45, 7) is 11.2. The molecule has 0 radical (unpaired) electrons. The number of rotatable bonds is 20. The van der Waals surface area contributed by atoms with Gasteiger partial charge in [0, 0.05) is 24.5 Å². The Morgan fingerprint density at radius 2 is 1.85 bits per heavy atom. The number of unbranched alkanes of at least 4 members (excludes halogenated alkanes) is 1. The highest BCUT2D eigenvalue weighted by atomic mass is 16.7. The minimum Gasteiger partial charge on any atom is -0.496 e. The Bertz CT molecular complexity index is 891. The molecule has 0 aliphatic rings. The van der Waals surface area contributed by atoms with Crippen molar-refractivity contribution in [2.45, 2.75) is 85.0 Å². The van der Waals surface area contributed by atoms with Crippen LogP contribution in [-0.4, -0.2) is 62.4 Å². The summed E-state index contributed by atoms with van der Waals surface area (Å²) in [5.41, 5.74) is 10.9. The van der Waals surface area contributed by atoms with Gasteiger partial charge in [-0.25, -0.2) is 0 Å². The molecule has 0 bridgehead atoms. The van der Waals surface area contributed by atoms with Crippen molar-refractivity contribution in [2.75, 3.05) is 34.2 Å². The average Bonchev–Trinajstić information content (AvgIpc) is 2.91. The van der Waals surface area contributed by atoms with Crippen molar-refractivity contribution in [3.05, 3.63) is 39.8 Å². The van der Waals surface area contributed by atoms with Gasteiger partial charge in [-0.3, -0.25) is 4.79 Å². The minimum atomic E-state index is -1.02. The molecule has 0 aliphatic heterocycles. The van der Waals surface area contributed by atoms with Gasteiger partial charge in [-0.05, 0) is 72.2 Å². The van der Waals surface area contributed by atoms with E-state index in [2.05, 4.69) is 22.3 Å². The second kappa shape index (κ2) is 18.8. The van der Waals surface area contributed by atoms with E-state index in [4.69, 9.17) is 14.2 Å². The maximum atomic E-state index is 12.8. The molecule has 1 aromatic rings. The summed E-state index contributed by atoms with van der Waals surface area (Å²) < 4.78 is 15.9. The number of methoxy groups -OCH3 is 2. The molecule has 1 unspecified atom stereocenters. The van der Waals surface area contributed by atoms with Crippen molar-refractivity contribution in [1.82, 2.24) is 5.32 Å². The summed E-state index contributed by atoms with van der Waals surface area (Å²) in [4.78, 5) is 15.8. The predicted molar refractivity (Wildman–Crippen MR) is 152 cm³/mol. The molecule has 0 spiro atoms. The van der Waals surface area contributed by atoms with E-state index < -0.39 is 24.2 Å². The van der Waals surface area contributed by atoms with E-state index in [-0.39, 0.29) is 43.3 Å². The first-order chi connectivity index (χ1) is 18.6. The van der Waals surface area contributed by atoms with Crippen molar-refractivity contribution in [3.63, 3.8) is 0 Å². The normalized spacial score (nSPS) is 15.4. The van der Waals surface area contributed by atoms with E-state index in [1.165, 1.54) is 0 Å². The Labute approximate surface area is 234 Å². The highest BCUT2D eigenvalue weighted by Gasteiger charge is 2.33. The van der Waals surface area contributed by atoms with Gasteiger partial charge < -0.3 is 29.7 Å². The number of azide groups is 1. The van der Waals surface area contributed by atoms with Crippen molar-refractivity contribution in [1.29, 1.82) is 0 Å². The van der Waals surface area contributed by atoms with E-state index in [1.54, 1.807) is 14.2 Å². The number of benzene rings is 1. The average molecular weight is 551 g/mol. The van der Waals surface area contributed by atoms with Gasteiger partial charge in [0.15, 0.2) is 0 Å². The molecule has 0 aromatic heterocycles. The first kappa shape index (κ1) is 34.7. The molecule has 10 heteroatoms. The van der Waals surface area contributed by atoms with Crippen LogP contribution in [0.1, 0.15) is 77.5 Å². The number of carbonyl (C=O) groups excluding carboxylic acids is 1. The van der Waals surface area contributed by atoms with Crippen LogP contribution in [0.5, 0.6) is 5.75 Å². The zero-order chi connectivity index (χ0) is 29.4. The van der Waals surface area contributed by atoms with Gasteiger partial charge in [-0.15, -0.1) is 0 Å². The Kier molecular flexibility index (Phi) is 16.7. The molecule has 0 saturated carbocycles. The Morgan fingerprint density at radius 3 is 2.41 bits per heavy atom. The zero-order valence-corrected chi connectivity index (χ0v) is 24.8. The summed E-state index contributed by atoms with van der Waals surface area (Å²) in [5, 5.41) is 29.5. The SMILES string of the molecule is CCCCNC(=O)[C@@H](C[C@H](O)[C@H](C[C@@H](C(C)C)C(O)c1ccc(OC)c(CCOCOC)c1)N=[N+]=[N-])C(C)C. The van der Waals surface area contributed by atoms with Crippen LogP contribution in [-0.2, 0) is 20.7 Å². The molecule has 10 nitrogen and oxygen atoms in total. The summed E-state index contributed by atoms with van der Waals surface area (Å²) in [7, 11) is 3.16. The van der Waals surface area contributed by atoms with Crippen molar-refractivity contribution < 1.29 is 29.2 Å². The highest BCUT2D eigenvalue weighted by Crippen LogP contribution is 2.36. The minimum absolute atomic E-state index is 0.00469. The number of aliphatic hydroxyl groups is 2. The van der Waals surface area contributed by atoms with Gasteiger partial charge in [-0.1, -0.05) is 52.2 Å². The molecule has 1 rings (SSSR count). The van der Waals surface area contributed by atoms with Gasteiger partial charge in [0.2, 0.25) is 5.91 Å². The van der Waals surface area contributed by atoms with Crippen molar-refractivity contribution in [2.24, 2.45) is 28.8 Å². The fourth-order valence-corrected chi connectivity index (χ4v) is 4.76. The Morgan fingerprint density at radius 1 is 1.13 bits per heavy atom. The topological polar surface area (TPSA) is 146 Å². The van der Waals surface area contributed by atoms with Gasteiger partial charge in [0.05, 0.1) is 32.0 Å². The van der Waals surface area contributed by atoms with Crippen LogP contribution in [0.25, 0.3) is 10.4 Å². The van der Waals surface area contributed by atoms with Gasteiger partial charge in [0.25, 0.3) is 0 Å². The number of nitrogens with zero attached hydrogens (tertiary/aromatic N) is 3. The van der Waals surface area contributed by atoms with E-state index >= 15 is 0 Å². The second-order valence-corrected chi connectivity index (χ2v) is 10.8. The molecule has 1 amide bonds. The lowest BCUT2D eigenvalue weighted by Gasteiger charge is -2.32. The van der Waals surface area contributed by atoms with Crippen LogP contribution in [0.2, 0.25) is 0 Å². The second-order valence-electron chi connectivity index (χ2n) is 10.8. The number of ether oxygens (including phenoxy) is 3. The fourth-order valence-electron chi connectivity index (χ4n) is 4.76. The van der Waals surface area contributed by atoms with E-state index in [0.29, 0.717) is 30.9 Å². The van der Waals surface area contributed by atoms with Crippen LogP contribution in [0.4, 0.5) is 0 Å². The lowest BCUT2D eigenvalue weighted by molar-refractivity contribution is -0.127. The van der Waals surface area contributed by atoms with Crippen molar-refractivity contribution in [3.8, 4) is 5.75 Å². The fraction of sp³-hybridized carbons (Fsp3) is 0.759. The van der Waals surface area contributed by atoms with E-state index in [1.807, 2.05) is 45.9 Å². The summed E-state index contributed by atoms with van der Waals surface area (Å²) >= 11 is 0. The quantitative estimate of drug-likeness (QED) is 0.0671. The molecule has 222 valence electrons. The lowest BCUT2D eigenvalue weighted by Crippen LogP contribution is -2.39. The third-order valence-corrected chi connectivity index (χ3v) is 7.25. The summed E-state index contributed by atoms with van der Waals surface area (Å²) in [6, 6.07) is 4.77. The maximum Gasteiger partial charge on any atom is 0.223 e. The van der Waals surface area contributed by atoms with Crippen LogP contribution in [0.15, 0.2) is 23.3 Å². The molecule has 1 aromatic carbocycles. The third kappa shape index (κ3) is 11.7. The molecule has 3 N–H and O–H groups in total. The predicted octanol–water partition coefficient (Wildman–Crippen LogP) is 5.17. The number of amides is 1. The largest absolute Gasteiger partial charge is 0.496 e. The molecule has 5 atom stereocenters. The number of nitrogens with one attached hydrogen (secondary N) is 1. The Hall–Kier alpha value is -2.36. The van der Waals surface area contributed by atoms with Crippen LogP contribution in [0.3, 0.4) is 0 Å². The first-order valence-corrected chi connectivity index (χ1v) is 14.0. The van der Waals surface area contributed by atoms with Gasteiger partial charge in [-0.2, -0.15) is 0 Å². The zero-order valence-electron chi connectivity index (χ0n) is 24.8. The molecule has 0 heterocycles. The van der Waals surface area contributed by atoms with E-state index in [9.17, 15) is 20.5 Å². The lowest BCUT2D eigenvalue weighted by atomic mass is 9.79. The van der Waals surface area contributed by atoms with Gasteiger partial charge >= 0.3 is 0 Å². The number of hydrogen-bond donors (Lipinski definition) is 3. The standard InChI is InChI=1S/C29H50N4O6/c1-8-9-13-31-29(36)24(20(4)5)17-26(34)25(32-33-30)16-23(19(2)3)28(35)22-10-11-27(38-7)21(15-22)12-14-39-18-37-6/h10-11,15,19-20,23-26,28,34-35H,8-9,12-14,16-18H2,1-7H3,(H,31,36)/t23-,24-,25-,26-,28?/m0/s1. The van der Waals surface area contributed by atoms with Crippen LogP contribution in [0, 0.1) is 23.7 Å². The maximum absolute atomic E-state index is 12.8. The van der Waals surface area contributed by atoms with Crippen LogP contribution >= 0.6 is 0 Å². The van der Waals surface area contributed by atoms with Gasteiger partial charge in [0.1, 0.15) is 12.5 Å². The molecule has 39 heavy (non-hydrogen) atoms. The third-order valence-electron chi connectivity index (χ3n) is 7.25. The molecule has 0 fully saturated rings. The monoisotopic (exact) mass is 550 g/mol. The Balaban J connectivity index is 3.11. The summed E-state index contributed by atoms with van der Waals surface area (Å²) in [5.74, 6) is -0.0927.